The second-order valence-corrected chi connectivity index (χ2v) is 9.41. The quantitative estimate of drug-likeness (QED) is 0.463. The van der Waals surface area contributed by atoms with E-state index in [1.54, 1.807) is 31.4 Å². The molecular weight excluding hydrogens is 476 g/mol. The molecule has 3 aromatic rings. The molecule has 194 valence electrons. The SMILES string of the molecule is CNc1ccc2oc(C(=O)Nc3ccc(C)cn3)c(NC(=O)C3CCC(N4CCOCC4=O)CC3)c2n1. The first-order chi connectivity index (χ1) is 17.9. The van der Waals surface area contributed by atoms with Crippen LogP contribution in [-0.2, 0) is 14.3 Å². The zero-order valence-electron chi connectivity index (χ0n) is 20.9. The van der Waals surface area contributed by atoms with Gasteiger partial charge in [0.2, 0.25) is 17.6 Å². The van der Waals surface area contributed by atoms with Gasteiger partial charge in [-0.15, -0.1) is 0 Å². The van der Waals surface area contributed by atoms with Crippen molar-refractivity contribution >= 4 is 46.1 Å². The normalized spacial score (nSPS) is 20.1. The Morgan fingerprint density at radius 3 is 2.54 bits per heavy atom. The number of carbonyl (C=O) groups excluding carboxylic acids is 3. The van der Waals surface area contributed by atoms with Crippen LogP contribution in [0, 0.1) is 12.8 Å². The van der Waals surface area contributed by atoms with Gasteiger partial charge in [-0.3, -0.25) is 14.4 Å². The van der Waals surface area contributed by atoms with Crippen LogP contribution in [0.15, 0.2) is 34.9 Å². The maximum Gasteiger partial charge on any atom is 0.294 e. The minimum atomic E-state index is -0.537. The van der Waals surface area contributed by atoms with Gasteiger partial charge in [-0.1, -0.05) is 6.07 Å². The number of nitrogens with zero attached hydrogens (tertiary/aromatic N) is 3. The molecule has 1 saturated carbocycles. The molecule has 5 rings (SSSR count). The Balaban J connectivity index is 1.34. The van der Waals surface area contributed by atoms with Crippen LogP contribution in [0.5, 0.6) is 0 Å². The first kappa shape index (κ1) is 24.7. The van der Waals surface area contributed by atoms with Crippen molar-refractivity contribution in [3.05, 3.63) is 41.8 Å². The summed E-state index contributed by atoms with van der Waals surface area (Å²) in [5.74, 6) is -0.0774. The van der Waals surface area contributed by atoms with E-state index in [1.165, 1.54) is 0 Å². The Hall–Kier alpha value is -3.99. The zero-order chi connectivity index (χ0) is 25.9. The fourth-order valence-electron chi connectivity index (χ4n) is 4.90. The van der Waals surface area contributed by atoms with Gasteiger partial charge in [0.05, 0.1) is 6.61 Å². The molecule has 3 amide bonds. The third kappa shape index (κ3) is 5.26. The number of aryl methyl sites for hydroxylation is 1. The van der Waals surface area contributed by atoms with Crippen molar-refractivity contribution in [1.29, 1.82) is 0 Å². The van der Waals surface area contributed by atoms with Gasteiger partial charge in [-0.25, -0.2) is 9.97 Å². The van der Waals surface area contributed by atoms with Crippen LogP contribution in [0.1, 0.15) is 41.8 Å². The molecule has 37 heavy (non-hydrogen) atoms. The van der Waals surface area contributed by atoms with E-state index in [4.69, 9.17) is 9.15 Å². The number of rotatable bonds is 6. The van der Waals surface area contributed by atoms with Gasteiger partial charge in [-0.05, 0) is 56.4 Å². The number of nitrogens with one attached hydrogen (secondary N) is 3. The molecule has 3 N–H and O–H groups in total. The maximum atomic E-state index is 13.3. The van der Waals surface area contributed by atoms with Crippen LogP contribution >= 0.6 is 0 Å². The first-order valence-electron chi connectivity index (χ1n) is 12.5. The predicted molar refractivity (Wildman–Crippen MR) is 137 cm³/mol. The number of pyridine rings is 2. The van der Waals surface area contributed by atoms with Crippen molar-refractivity contribution < 1.29 is 23.5 Å². The van der Waals surface area contributed by atoms with Crippen LogP contribution in [0.25, 0.3) is 11.1 Å². The number of morpholine rings is 1. The molecule has 0 atom stereocenters. The molecule has 1 aliphatic carbocycles. The number of hydrogen-bond donors (Lipinski definition) is 3. The maximum absolute atomic E-state index is 13.3. The van der Waals surface area contributed by atoms with Crippen LogP contribution in [-0.4, -0.2) is 65.4 Å². The summed E-state index contributed by atoms with van der Waals surface area (Å²) in [5, 5.41) is 8.63. The minimum Gasteiger partial charge on any atom is -0.447 e. The van der Waals surface area contributed by atoms with Crippen molar-refractivity contribution in [2.45, 2.75) is 38.6 Å². The lowest BCUT2D eigenvalue weighted by Crippen LogP contribution is -2.49. The molecule has 4 heterocycles. The highest BCUT2D eigenvalue weighted by Gasteiger charge is 2.34. The summed E-state index contributed by atoms with van der Waals surface area (Å²) in [5.41, 5.74) is 1.96. The van der Waals surface area contributed by atoms with E-state index in [1.807, 2.05) is 17.9 Å². The molecule has 0 aromatic carbocycles. The zero-order valence-corrected chi connectivity index (χ0v) is 20.9. The largest absolute Gasteiger partial charge is 0.447 e. The molecule has 11 nitrogen and oxygen atoms in total. The van der Waals surface area contributed by atoms with Crippen molar-refractivity contribution in [3.63, 3.8) is 0 Å². The molecule has 0 bridgehead atoms. The summed E-state index contributed by atoms with van der Waals surface area (Å²) < 4.78 is 11.1. The molecule has 0 spiro atoms. The molecule has 2 fully saturated rings. The van der Waals surface area contributed by atoms with Gasteiger partial charge in [0.1, 0.15) is 29.4 Å². The molecule has 3 aromatic heterocycles. The lowest BCUT2D eigenvalue weighted by atomic mass is 9.84. The van der Waals surface area contributed by atoms with Gasteiger partial charge >= 0.3 is 0 Å². The highest BCUT2D eigenvalue weighted by atomic mass is 16.5. The fraction of sp³-hybridized carbons (Fsp3) is 0.423. The van der Waals surface area contributed by atoms with E-state index in [0.717, 1.165) is 18.4 Å². The van der Waals surface area contributed by atoms with E-state index in [9.17, 15) is 14.4 Å². The summed E-state index contributed by atoms with van der Waals surface area (Å²) in [6.45, 7) is 3.17. The van der Waals surface area contributed by atoms with Crippen molar-refractivity contribution in [2.75, 3.05) is 42.8 Å². The third-order valence-electron chi connectivity index (χ3n) is 6.93. The standard InChI is InChI=1S/C26H30N6O5/c1-15-3-9-20(28-13-15)30-26(35)24-23(22-18(37-24)8-10-19(27-2)29-22)31-25(34)16-4-6-17(7-5-16)32-11-12-36-14-21(32)33/h3,8-10,13,16-17H,4-7,11-12,14H2,1-2H3,(H,27,29)(H,31,34)(H,28,30,35). The summed E-state index contributed by atoms with van der Waals surface area (Å²) in [6, 6.07) is 7.09. The van der Waals surface area contributed by atoms with Gasteiger partial charge < -0.3 is 30.0 Å². The summed E-state index contributed by atoms with van der Waals surface area (Å²) in [7, 11) is 1.74. The van der Waals surface area contributed by atoms with Gasteiger partial charge in [0, 0.05) is 31.7 Å². The molecule has 0 radical (unpaired) electrons. The number of amides is 3. The van der Waals surface area contributed by atoms with Gasteiger partial charge in [0.15, 0.2) is 5.58 Å². The van der Waals surface area contributed by atoms with Crippen molar-refractivity contribution in [2.24, 2.45) is 5.92 Å². The Kier molecular flexibility index (Phi) is 7.04. The van der Waals surface area contributed by atoms with Crippen LogP contribution in [0.3, 0.4) is 0 Å². The molecule has 0 unspecified atom stereocenters. The summed E-state index contributed by atoms with van der Waals surface area (Å²) >= 11 is 0. The average Bonchev–Trinajstić information content (AvgIpc) is 3.28. The number of furan rings is 1. The van der Waals surface area contributed by atoms with Gasteiger partial charge in [0.25, 0.3) is 5.91 Å². The Morgan fingerprint density at radius 2 is 1.84 bits per heavy atom. The van der Waals surface area contributed by atoms with Crippen LogP contribution < -0.4 is 16.0 Å². The Labute approximate surface area is 214 Å². The Morgan fingerprint density at radius 1 is 1.05 bits per heavy atom. The smallest absolute Gasteiger partial charge is 0.294 e. The van der Waals surface area contributed by atoms with E-state index >= 15 is 0 Å². The lowest BCUT2D eigenvalue weighted by molar-refractivity contribution is -0.146. The molecule has 1 aliphatic heterocycles. The molecule has 11 heteroatoms. The topological polar surface area (TPSA) is 139 Å². The van der Waals surface area contributed by atoms with Crippen molar-refractivity contribution in [3.8, 4) is 0 Å². The van der Waals surface area contributed by atoms with E-state index < -0.39 is 5.91 Å². The van der Waals surface area contributed by atoms with E-state index in [-0.39, 0.29) is 41.8 Å². The molecule has 2 aliphatic rings. The number of aromatic nitrogens is 2. The Bertz CT molecular complexity index is 1310. The number of anilines is 3. The third-order valence-corrected chi connectivity index (χ3v) is 6.93. The van der Waals surface area contributed by atoms with E-state index in [2.05, 4.69) is 25.9 Å². The van der Waals surface area contributed by atoms with E-state index in [0.29, 0.717) is 48.7 Å². The number of fused-ring (bicyclic) bond motifs is 1. The molecular formula is C26H30N6O5. The second-order valence-electron chi connectivity index (χ2n) is 9.41. The summed E-state index contributed by atoms with van der Waals surface area (Å²) in [4.78, 5) is 49.3. The number of ether oxygens (including phenoxy) is 1. The van der Waals surface area contributed by atoms with Crippen LogP contribution in [0.2, 0.25) is 0 Å². The highest BCUT2D eigenvalue weighted by molar-refractivity contribution is 6.13. The fourth-order valence-corrected chi connectivity index (χ4v) is 4.90. The first-order valence-corrected chi connectivity index (χ1v) is 12.5. The van der Waals surface area contributed by atoms with Crippen LogP contribution in [0.4, 0.5) is 17.3 Å². The predicted octanol–water partition coefficient (Wildman–Crippen LogP) is 3.18. The molecule has 1 saturated heterocycles. The number of carbonyl (C=O) groups is 3. The lowest BCUT2D eigenvalue weighted by Gasteiger charge is -2.38. The van der Waals surface area contributed by atoms with Crippen molar-refractivity contribution in [1.82, 2.24) is 14.9 Å². The monoisotopic (exact) mass is 506 g/mol. The average molecular weight is 507 g/mol. The number of hydrogen-bond acceptors (Lipinski definition) is 8. The summed E-state index contributed by atoms with van der Waals surface area (Å²) in [6.07, 6.45) is 4.41. The second kappa shape index (κ2) is 10.6. The minimum absolute atomic E-state index is 0.00847. The highest BCUT2D eigenvalue weighted by Crippen LogP contribution is 2.34. The van der Waals surface area contributed by atoms with Gasteiger partial charge in [-0.2, -0.15) is 0 Å².